The zero-order chi connectivity index (χ0) is 11.0. The second-order valence-corrected chi connectivity index (χ2v) is 5.53. The van der Waals surface area contributed by atoms with Gasteiger partial charge < -0.3 is 0 Å². The Morgan fingerprint density at radius 1 is 0.800 bits per heavy atom. The van der Waals surface area contributed by atoms with Crippen molar-refractivity contribution >= 4 is 54.4 Å². The van der Waals surface area contributed by atoms with E-state index in [1.54, 1.807) is 0 Å². The van der Waals surface area contributed by atoms with Gasteiger partial charge in [0.2, 0.25) is 0 Å². The normalized spacial score (nSPS) is 10.9. The molecule has 0 heterocycles. The zero-order valence-electron chi connectivity index (χ0n) is 8.75. The molecule has 3 atom stereocenters. The van der Waals surface area contributed by atoms with Gasteiger partial charge in [-0.2, -0.15) is 0 Å². The van der Waals surface area contributed by atoms with Crippen LogP contribution in [0.2, 0.25) is 0 Å². The monoisotopic (exact) mass is 252 g/mol. The van der Waals surface area contributed by atoms with Gasteiger partial charge in [-0.25, -0.2) is 0 Å². The van der Waals surface area contributed by atoms with Gasteiger partial charge in [0.25, 0.3) is 0 Å². The van der Waals surface area contributed by atoms with Crippen LogP contribution in [0.5, 0.6) is 0 Å². The lowest BCUT2D eigenvalue weighted by Gasteiger charge is -2.12. The van der Waals surface area contributed by atoms with E-state index in [2.05, 4.69) is 58.9 Å². The summed E-state index contributed by atoms with van der Waals surface area (Å²) in [5.74, 6) is 0. The van der Waals surface area contributed by atoms with Crippen molar-refractivity contribution in [3.8, 4) is 0 Å². The summed E-state index contributed by atoms with van der Waals surface area (Å²) in [7, 11) is 8.48. The maximum atomic E-state index is 2.83. The van der Waals surface area contributed by atoms with Gasteiger partial charge in [0.1, 0.15) is 0 Å². The molecule has 0 saturated carbocycles. The van der Waals surface area contributed by atoms with Crippen molar-refractivity contribution in [1.82, 2.24) is 0 Å². The van der Waals surface area contributed by atoms with Crippen molar-refractivity contribution in [2.75, 3.05) is 0 Å². The van der Waals surface area contributed by atoms with Crippen molar-refractivity contribution in [3.05, 3.63) is 29.8 Å². The van der Waals surface area contributed by atoms with Gasteiger partial charge in [-0.15, -0.1) is 27.7 Å². The maximum Gasteiger partial charge on any atom is -0.00315 e. The Balaban J connectivity index is 2.99. The standard InChI is InChI=1S/C12H15P3/c1-2-7-3-4-9(14)12-10(15)6-5-8(13)11(7)12/h3-6H,2,13-15H2,1H3. The fraction of sp³-hybridized carbons (Fsp3) is 0.167. The Morgan fingerprint density at radius 2 is 1.27 bits per heavy atom. The van der Waals surface area contributed by atoms with E-state index in [-0.39, 0.29) is 0 Å². The van der Waals surface area contributed by atoms with Crippen molar-refractivity contribution in [2.24, 2.45) is 0 Å². The van der Waals surface area contributed by atoms with Gasteiger partial charge in [-0.05, 0) is 38.7 Å². The van der Waals surface area contributed by atoms with Gasteiger partial charge in [0.15, 0.2) is 0 Å². The molecule has 0 aliphatic heterocycles. The highest BCUT2D eigenvalue weighted by atomic mass is 31.0. The Bertz CT molecular complexity index is 509. The first-order valence-corrected chi connectivity index (χ1v) is 6.73. The van der Waals surface area contributed by atoms with E-state index in [9.17, 15) is 0 Å². The fourth-order valence-corrected chi connectivity index (χ4v) is 3.35. The van der Waals surface area contributed by atoms with E-state index in [1.165, 1.54) is 32.2 Å². The molecule has 0 saturated heterocycles. The van der Waals surface area contributed by atoms with E-state index >= 15 is 0 Å². The summed E-state index contributed by atoms with van der Waals surface area (Å²) >= 11 is 0. The number of fused-ring (bicyclic) bond motifs is 1. The van der Waals surface area contributed by atoms with E-state index in [0.717, 1.165) is 6.42 Å². The highest BCUT2D eigenvalue weighted by molar-refractivity contribution is 7.32. The van der Waals surface area contributed by atoms with Crippen LogP contribution < -0.4 is 15.9 Å². The molecule has 0 nitrogen and oxygen atoms in total. The number of hydrogen-bond acceptors (Lipinski definition) is 0. The minimum atomic E-state index is 1.08. The SMILES string of the molecule is CCc1ccc(P)c2c(P)ccc(P)c12. The van der Waals surface area contributed by atoms with Crippen molar-refractivity contribution in [3.63, 3.8) is 0 Å². The van der Waals surface area contributed by atoms with E-state index in [0.29, 0.717) is 0 Å². The summed E-state index contributed by atoms with van der Waals surface area (Å²) < 4.78 is 0. The zero-order valence-corrected chi connectivity index (χ0v) is 12.2. The predicted molar refractivity (Wildman–Crippen MR) is 81.4 cm³/mol. The van der Waals surface area contributed by atoms with Crippen LogP contribution in [0.3, 0.4) is 0 Å². The van der Waals surface area contributed by atoms with E-state index in [4.69, 9.17) is 0 Å². The molecule has 0 fully saturated rings. The molecule has 2 aromatic rings. The van der Waals surface area contributed by atoms with E-state index < -0.39 is 0 Å². The van der Waals surface area contributed by atoms with Crippen LogP contribution in [0, 0.1) is 0 Å². The quantitative estimate of drug-likeness (QED) is 0.680. The molecule has 0 N–H and O–H groups in total. The topological polar surface area (TPSA) is 0 Å². The van der Waals surface area contributed by atoms with Crippen LogP contribution in [0.15, 0.2) is 24.3 Å². The second kappa shape index (κ2) is 4.47. The molecule has 0 spiro atoms. The number of hydrogen-bond donors (Lipinski definition) is 0. The lowest BCUT2D eigenvalue weighted by molar-refractivity contribution is 1.16. The van der Waals surface area contributed by atoms with Crippen LogP contribution in [0.1, 0.15) is 12.5 Å². The summed E-state index contributed by atoms with van der Waals surface area (Å²) in [5.41, 5.74) is 1.42. The minimum Gasteiger partial charge on any atom is -0.105 e. The largest absolute Gasteiger partial charge is 0.105 e. The Labute approximate surface area is 97.8 Å². The van der Waals surface area contributed by atoms with Gasteiger partial charge in [-0.3, -0.25) is 0 Å². The number of benzene rings is 2. The Kier molecular flexibility index (Phi) is 3.42. The maximum absolute atomic E-state index is 2.83. The molecular formula is C12H15P3. The molecule has 3 unspecified atom stereocenters. The summed E-state index contributed by atoms with van der Waals surface area (Å²) in [4.78, 5) is 0. The molecule has 0 aromatic heterocycles. The third kappa shape index (κ3) is 1.97. The summed E-state index contributed by atoms with van der Waals surface area (Å²) in [6.07, 6.45) is 1.08. The first-order chi connectivity index (χ1) is 7.15. The van der Waals surface area contributed by atoms with Crippen molar-refractivity contribution in [2.45, 2.75) is 13.3 Å². The van der Waals surface area contributed by atoms with Crippen LogP contribution in [0.25, 0.3) is 10.8 Å². The third-order valence-electron chi connectivity index (χ3n) is 2.72. The molecule has 2 aromatic carbocycles. The summed E-state index contributed by atoms with van der Waals surface area (Å²) in [6, 6.07) is 8.73. The highest BCUT2D eigenvalue weighted by Crippen LogP contribution is 2.19. The van der Waals surface area contributed by atoms with Crippen LogP contribution >= 0.6 is 27.7 Å². The van der Waals surface area contributed by atoms with Gasteiger partial charge >= 0.3 is 0 Å². The Hall–Kier alpha value is -0.0100. The molecule has 2 rings (SSSR count). The molecule has 3 heteroatoms. The molecule has 78 valence electrons. The Morgan fingerprint density at radius 3 is 1.80 bits per heavy atom. The summed E-state index contributed by atoms with van der Waals surface area (Å²) in [6.45, 7) is 2.21. The number of aryl methyl sites for hydroxylation is 1. The smallest absolute Gasteiger partial charge is 0.00315 e. The first-order valence-electron chi connectivity index (χ1n) is 5.00. The van der Waals surface area contributed by atoms with E-state index in [1.807, 2.05) is 0 Å². The number of rotatable bonds is 1. The van der Waals surface area contributed by atoms with Gasteiger partial charge in [0, 0.05) is 0 Å². The second-order valence-electron chi connectivity index (χ2n) is 3.66. The molecule has 0 aliphatic rings. The minimum absolute atomic E-state index is 1.08. The van der Waals surface area contributed by atoms with Crippen LogP contribution in [-0.4, -0.2) is 0 Å². The lowest BCUT2D eigenvalue weighted by atomic mass is 10.0. The predicted octanol–water partition coefficient (Wildman–Crippen LogP) is 1.90. The van der Waals surface area contributed by atoms with Gasteiger partial charge in [-0.1, -0.05) is 31.2 Å². The molecule has 0 amide bonds. The molecule has 15 heavy (non-hydrogen) atoms. The van der Waals surface area contributed by atoms with Crippen molar-refractivity contribution < 1.29 is 0 Å². The third-order valence-corrected chi connectivity index (χ3v) is 4.17. The molecule has 0 aliphatic carbocycles. The molecule has 0 bridgehead atoms. The van der Waals surface area contributed by atoms with Crippen molar-refractivity contribution in [1.29, 1.82) is 0 Å². The van der Waals surface area contributed by atoms with Crippen LogP contribution in [-0.2, 0) is 6.42 Å². The average molecular weight is 252 g/mol. The molecular weight excluding hydrogens is 237 g/mol. The first kappa shape index (κ1) is 11.5. The molecule has 0 radical (unpaired) electrons. The highest BCUT2D eigenvalue weighted by Gasteiger charge is 2.07. The van der Waals surface area contributed by atoms with Crippen LogP contribution in [0.4, 0.5) is 0 Å². The summed E-state index contributed by atoms with van der Waals surface area (Å²) in [5, 5.41) is 6.59. The lowest BCUT2D eigenvalue weighted by Crippen LogP contribution is -2.11. The average Bonchev–Trinajstić information content (AvgIpc) is 2.23. The van der Waals surface area contributed by atoms with Gasteiger partial charge in [0.05, 0.1) is 0 Å². The fourth-order valence-electron chi connectivity index (χ4n) is 1.94.